The minimum absolute atomic E-state index is 0.141. The van der Waals surface area contributed by atoms with E-state index in [1.165, 1.54) is 29.2 Å². The van der Waals surface area contributed by atoms with Gasteiger partial charge in [-0.2, -0.15) is 0 Å². The van der Waals surface area contributed by atoms with Gasteiger partial charge in [0.1, 0.15) is 10.8 Å². The molecule has 0 radical (unpaired) electrons. The number of nitrogens with one attached hydrogen (secondary N) is 1. The smallest absolute Gasteiger partial charge is 0.316 e. The maximum Gasteiger partial charge on any atom is 0.323 e. The number of ketones is 1. The van der Waals surface area contributed by atoms with E-state index in [1.807, 2.05) is 23.6 Å². The quantitative estimate of drug-likeness (QED) is 0.537. The minimum Gasteiger partial charge on any atom is -0.316 e. The molecule has 3 aromatic rings. The van der Waals surface area contributed by atoms with E-state index in [9.17, 15) is 14.0 Å². The molecule has 0 bridgehead atoms. The Morgan fingerprint density at radius 3 is 2.57 bits per heavy atom. The zero-order valence-corrected chi connectivity index (χ0v) is 16.5. The Labute approximate surface area is 170 Å². The molecule has 7 heteroatoms. The van der Waals surface area contributed by atoms with Crippen molar-refractivity contribution in [3.8, 4) is 11.1 Å². The van der Waals surface area contributed by atoms with Gasteiger partial charge in [0, 0.05) is 28.1 Å². The summed E-state index contributed by atoms with van der Waals surface area (Å²) in [6.07, 6.45) is 0. The third-order valence-electron chi connectivity index (χ3n) is 4.73. The zero-order valence-electron chi connectivity index (χ0n) is 15.0. The maximum absolute atomic E-state index is 13.9. The highest BCUT2D eigenvalue weighted by molar-refractivity contribution is 7.15. The minimum atomic E-state index is -0.359. The van der Waals surface area contributed by atoms with Crippen LogP contribution in [0.1, 0.15) is 28.4 Å². The molecular weight excluding hydrogens is 399 g/mol. The summed E-state index contributed by atoms with van der Waals surface area (Å²) in [6, 6.07) is 11.7. The summed E-state index contributed by atoms with van der Waals surface area (Å²) >= 11 is 7.24. The van der Waals surface area contributed by atoms with Crippen molar-refractivity contribution in [2.75, 3.05) is 5.32 Å². The second kappa shape index (κ2) is 7.37. The van der Waals surface area contributed by atoms with Crippen molar-refractivity contribution in [2.45, 2.75) is 20.0 Å². The molecule has 2 heterocycles. The van der Waals surface area contributed by atoms with E-state index >= 15 is 0 Å². The van der Waals surface area contributed by atoms with E-state index in [2.05, 4.69) is 5.32 Å². The number of anilines is 1. The van der Waals surface area contributed by atoms with Crippen LogP contribution in [0.25, 0.3) is 11.1 Å². The fourth-order valence-corrected chi connectivity index (χ4v) is 4.48. The van der Waals surface area contributed by atoms with E-state index in [0.29, 0.717) is 27.7 Å². The number of thiophene rings is 1. The van der Waals surface area contributed by atoms with Gasteiger partial charge in [-0.05, 0) is 36.2 Å². The molecule has 1 aromatic heterocycles. The van der Waals surface area contributed by atoms with Crippen molar-refractivity contribution in [3.05, 3.63) is 75.4 Å². The van der Waals surface area contributed by atoms with Gasteiger partial charge >= 0.3 is 6.03 Å². The Morgan fingerprint density at radius 1 is 1.14 bits per heavy atom. The third-order valence-corrected chi connectivity index (χ3v) is 5.88. The van der Waals surface area contributed by atoms with Gasteiger partial charge in [-0.15, -0.1) is 11.3 Å². The number of hydrogen-bond donors (Lipinski definition) is 1. The van der Waals surface area contributed by atoms with Gasteiger partial charge in [0.15, 0.2) is 5.78 Å². The van der Waals surface area contributed by atoms with Gasteiger partial charge in [0.25, 0.3) is 0 Å². The number of nitrogens with zero attached hydrogens (tertiary/aromatic N) is 1. The van der Waals surface area contributed by atoms with Crippen molar-refractivity contribution in [1.82, 2.24) is 4.90 Å². The van der Waals surface area contributed by atoms with Crippen LogP contribution in [-0.4, -0.2) is 16.7 Å². The highest BCUT2D eigenvalue weighted by atomic mass is 35.5. The number of halogens is 2. The lowest BCUT2D eigenvalue weighted by atomic mass is 10.0. The molecule has 2 amide bonds. The lowest BCUT2D eigenvalue weighted by molar-refractivity contribution is 0.101. The summed E-state index contributed by atoms with van der Waals surface area (Å²) in [4.78, 5) is 26.5. The Balaban J connectivity index is 1.59. The Kier molecular flexibility index (Phi) is 4.91. The van der Waals surface area contributed by atoms with Crippen molar-refractivity contribution < 1.29 is 14.0 Å². The Hall–Kier alpha value is -2.70. The molecule has 0 saturated heterocycles. The van der Waals surface area contributed by atoms with Gasteiger partial charge in [-0.1, -0.05) is 35.9 Å². The van der Waals surface area contributed by atoms with Crippen molar-refractivity contribution in [2.24, 2.45) is 0 Å². The molecule has 0 saturated carbocycles. The molecule has 0 unspecified atom stereocenters. The highest BCUT2D eigenvalue weighted by Crippen LogP contribution is 2.37. The van der Waals surface area contributed by atoms with Gasteiger partial charge in [0.05, 0.1) is 12.1 Å². The molecule has 0 atom stereocenters. The summed E-state index contributed by atoms with van der Waals surface area (Å²) in [7, 11) is 0. The molecule has 28 heavy (non-hydrogen) atoms. The molecule has 0 spiro atoms. The number of urea groups is 1. The van der Waals surface area contributed by atoms with E-state index in [1.54, 1.807) is 18.2 Å². The van der Waals surface area contributed by atoms with E-state index in [0.717, 1.165) is 16.7 Å². The van der Waals surface area contributed by atoms with Crippen molar-refractivity contribution in [3.63, 3.8) is 0 Å². The van der Waals surface area contributed by atoms with Crippen LogP contribution >= 0.6 is 22.9 Å². The van der Waals surface area contributed by atoms with Crippen LogP contribution in [0, 0.1) is 5.82 Å². The number of Topliss-reactive ketones (excluding diaryl/α,β-unsaturated/α-hetero) is 1. The van der Waals surface area contributed by atoms with Crippen LogP contribution in [0.15, 0.2) is 47.8 Å². The average Bonchev–Trinajstić information content (AvgIpc) is 3.27. The summed E-state index contributed by atoms with van der Waals surface area (Å²) in [5.41, 5.74) is 3.40. The first kappa shape index (κ1) is 18.7. The largest absolute Gasteiger partial charge is 0.323 e. The average molecular weight is 415 g/mol. The zero-order chi connectivity index (χ0) is 19.8. The van der Waals surface area contributed by atoms with Crippen LogP contribution < -0.4 is 5.32 Å². The number of carbonyl (C=O) groups excluding carboxylic acids is 2. The molecular formula is C21H16ClFN2O2S. The number of rotatable bonds is 3. The molecule has 1 aliphatic heterocycles. The van der Waals surface area contributed by atoms with Crippen LogP contribution in [0.3, 0.4) is 0 Å². The summed E-state index contributed by atoms with van der Waals surface area (Å²) in [6.45, 7) is 2.01. The molecule has 1 aliphatic rings. The van der Waals surface area contributed by atoms with Gasteiger partial charge in [0.2, 0.25) is 0 Å². The van der Waals surface area contributed by atoms with Crippen LogP contribution in [-0.2, 0) is 13.1 Å². The van der Waals surface area contributed by atoms with Crippen LogP contribution in [0.4, 0.5) is 14.2 Å². The Bertz CT molecular complexity index is 1080. The van der Waals surface area contributed by atoms with Crippen LogP contribution in [0.5, 0.6) is 0 Å². The molecule has 4 nitrogen and oxygen atoms in total. The first-order valence-corrected chi connectivity index (χ1v) is 9.90. The molecule has 1 N–H and O–H groups in total. The summed E-state index contributed by atoms with van der Waals surface area (Å²) in [5, 5.41) is 5.76. The first-order chi connectivity index (χ1) is 13.4. The second-order valence-corrected chi connectivity index (χ2v) is 7.90. The number of carbonyl (C=O) groups is 2. The first-order valence-electron chi connectivity index (χ1n) is 8.64. The van der Waals surface area contributed by atoms with Gasteiger partial charge < -0.3 is 4.90 Å². The monoisotopic (exact) mass is 414 g/mol. The number of benzene rings is 2. The fraction of sp³-hybridized carbons (Fsp3) is 0.143. The number of hydrogen-bond acceptors (Lipinski definition) is 3. The molecule has 142 valence electrons. The number of amides is 2. The highest BCUT2D eigenvalue weighted by Gasteiger charge is 2.27. The Morgan fingerprint density at radius 2 is 1.89 bits per heavy atom. The second-order valence-electron chi connectivity index (χ2n) is 6.58. The van der Waals surface area contributed by atoms with Gasteiger partial charge in [-0.25, -0.2) is 9.18 Å². The fourth-order valence-electron chi connectivity index (χ4n) is 3.34. The predicted molar refractivity (Wildman–Crippen MR) is 109 cm³/mol. The maximum atomic E-state index is 13.9. The lowest BCUT2D eigenvalue weighted by Crippen LogP contribution is -2.30. The van der Waals surface area contributed by atoms with E-state index in [-0.39, 0.29) is 24.2 Å². The summed E-state index contributed by atoms with van der Waals surface area (Å²) < 4.78 is 13.9. The van der Waals surface area contributed by atoms with Crippen molar-refractivity contribution in [1.29, 1.82) is 0 Å². The predicted octanol–water partition coefficient (Wildman–Crippen LogP) is 5.96. The molecule has 4 rings (SSSR count). The molecule has 2 aromatic carbocycles. The SMILES string of the molecule is CC(=O)c1c(-c2ccc(Cl)cc2)csc1NC(=O)N1Cc2cccc(F)c2C1. The van der Waals surface area contributed by atoms with Gasteiger partial charge in [-0.3, -0.25) is 10.1 Å². The van der Waals surface area contributed by atoms with Crippen molar-refractivity contribution >= 4 is 39.8 Å². The van der Waals surface area contributed by atoms with E-state index in [4.69, 9.17) is 11.6 Å². The molecule has 0 fully saturated rings. The lowest BCUT2D eigenvalue weighted by Gasteiger charge is -2.16. The topological polar surface area (TPSA) is 49.4 Å². The van der Waals surface area contributed by atoms with Crippen LogP contribution in [0.2, 0.25) is 5.02 Å². The normalized spacial score (nSPS) is 12.8. The third kappa shape index (κ3) is 3.41. The van der Waals surface area contributed by atoms with E-state index < -0.39 is 0 Å². The summed E-state index contributed by atoms with van der Waals surface area (Å²) in [5.74, 6) is -0.448. The molecule has 0 aliphatic carbocycles. The standard InChI is InChI=1S/C21H16ClFN2O2S/c1-12(26)19-17(13-5-7-15(22)8-6-13)11-28-20(19)24-21(27)25-9-14-3-2-4-18(23)16(14)10-25/h2-8,11H,9-10H2,1H3,(H,24,27). The number of fused-ring (bicyclic) bond motifs is 1.